The topological polar surface area (TPSA) is 84.5 Å². The minimum absolute atomic E-state index is 0.182. The Balaban J connectivity index is 1.52. The highest BCUT2D eigenvalue weighted by atomic mass is 32.2. The van der Waals surface area contributed by atoms with E-state index in [1.165, 1.54) is 17.7 Å². The molecule has 0 saturated heterocycles. The van der Waals surface area contributed by atoms with Gasteiger partial charge in [0.1, 0.15) is 12.4 Å². The first-order valence-corrected chi connectivity index (χ1v) is 12.1. The summed E-state index contributed by atoms with van der Waals surface area (Å²) >= 11 is 0. The molecule has 0 aliphatic rings. The number of carbonyl (C=O) groups excluding carboxylic acids is 1. The van der Waals surface area contributed by atoms with Gasteiger partial charge in [0.05, 0.1) is 17.1 Å². The van der Waals surface area contributed by atoms with E-state index in [2.05, 4.69) is 17.0 Å². The third-order valence-corrected chi connectivity index (χ3v) is 6.29. The van der Waals surface area contributed by atoms with Crippen LogP contribution in [0.4, 0.5) is 5.69 Å². The Labute approximate surface area is 189 Å². The smallest absolute Gasteiger partial charge is 0.261 e. The summed E-state index contributed by atoms with van der Waals surface area (Å²) in [5.74, 6) is 0.525. The second-order valence-electron chi connectivity index (χ2n) is 7.45. The molecule has 0 saturated carbocycles. The van der Waals surface area contributed by atoms with E-state index >= 15 is 0 Å². The molecule has 168 valence electrons. The highest BCUT2D eigenvalue weighted by Crippen LogP contribution is 2.21. The molecule has 0 heterocycles. The van der Waals surface area contributed by atoms with Crippen LogP contribution in [0.3, 0.4) is 0 Å². The number of hydrogen-bond acceptors (Lipinski definition) is 4. The van der Waals surface area contributed by atoms with Crippen LogP contribution < -0.4 is 14.8 Å². The van der Waals surface area contributed by atoms with Crippen molar-refractivity contribution in [2.24, 2.45) is 0 Å². The van der Waals surface area contributed by atoms with Gasteiger partial charge in [0.15, 0.2) is 0 Å². The predicted molar refractivity (Wildman–Crippen MR) is 127 cm³/mol. The minimum Gasteiger partial charge on any atom is -0.492 e. The summed E-state index contributed by atoms with van der Waals surface area (Å²) in [5, 5.41) is 2.82. The fourth-order valence-electron chi connectivity index (χ4n) is 3.20. The maximum atomic E-state index is 12.5. The Morgan fingerprint density at radius 1 is 0.969 bits per heavy atom. The summed E-state index contributed by atoms with van der Waals surface area (Å²) in [4.78, 5) is 12.6. The van der Waals surface area contributed by atoms with Crippen molar-refractivity contribution >= 4 is 21.6 Å². The second-order valence-corrected chi connectivity index (χ2v) is 9.13. The summed E-state index contributed by atoms with van der Waals surface area (Å²) in [5.41, 5.74) is 2.81. The van der Waals surface area contributed by atoms with Gasteiger partial charge in [-0.15, -0.1) is 0 Å². The number of anilines is 1. The SMILES string of the molecule is CCCc1ccc(OCCNC(=O)c2ccc(NS(=O)(=O)c3ccccc3)c(C)c2)cc1. The van der Waals surface area contributed by atoms with Gasteiger partial charge < -0.3 is 10.1 Å². The van der Waals surface area contributed by atoms with E-state index in [1.807, 2.05) is 24.3 Å². The van der Waals surface area contributed by atoms with Crippen LogP contribution in [0.5, 0.6) is 5.75 Å². The molecule has 1 amide bonds. The lowest BCUT2D eigenvalue weighted by atomic mass is 10.1. The molecule has 0 aliphatic carbocycles. The molecule has 3 aromatic carbocycles. The van der Waals surface area contributed by atoms with E-state index in [1.54, 1.807) is 43.3 Å². The molecule has 0 bridgehead atoms. The van der Waals surface area contributed by atoms with E-state index in [0.717, 1.165) is 18.6 Å². The molecule has 7 heteroatoms. The Morgan fingerprint density at radius 3 is 2.34 bits per heavy atom. The molecule has 0 unspecified atom stereocenters. The lowest BCUT2D eigenvalue weighted by Crippen LogP contribution is -2.28. The van der Waals surface area contributed by atoms with E-state index in [0.29, 0.717) is 30.0 Å². The van der Waals surface area contributed by atoms with Crippen LogP contribution in [-0.2, 0) is 16.4 Å². The Kier molecular flexibility index (Phi) is 7.89. The summed E-state index contributed by atoms with van der Waals surface area (Å²) < 4.78 is 33.3. The number of rotatable bonds is 10. The van der Waals surface area contributed by atoms with Crippen molar-refractivity contribution in [2.75, 3.05) is 17.9 Å². The van der Waals surface area contributed by atoms with Crippen molar-refractivity contribution in [3.63, 3.8) is 0 Å². The number of nitrogens with one attached hydrogen (secondary N) is 2. The van der Waals surface area contributed by atoms with Gasteiger partial charge in [-0.25, -0.2) is 8.42 Å². The number of aryl methyl sites for hydroxylation is 2. The fourth-order valence-corrected chi connectivity index (χ4v) is 4.35. The van der Waals surface area contributed by atoms with Crippen molar-refractivity contribution in [3.8, 4) is 5.75 Å². The van der Waals surface area contributed by atoms with Crippen LogP contribution in [0.25, 0.3) is 0 Å². The molecule has 0 spiro atoms. The lowest BCUT2D eigenvalue weighted by molar-refractivity contribution is 0.0947. The van der Waals surface area contributed by atoms with E-state index in [9.17, 15) is 13.2 Å². The van der Waals surface area contributed by atoms with Gasteiger partial charge in [0.25, 0.3) is 15.9 Å². The molecule has 3 aromatic rings. The Bertz CT molecular complexity index is 1140. The van der Waals surface area contributed by atoms with Crippen LogP contribution in [0, 0.1) is 6.92 Å². The fraction of sp³-hybridized carbons (Fsp3) is 0.240. The third kappa shape index (κ3) is 6.34. The van der Waals surface area contributed by atoms with E-state index < -0.39 is 10.0 Å². The highest BCUT2D eigenvalue weighted by molar-refractivity contribution is 7.92. The maximum absolute atomic E-state index is 12.5. The molecule has 6 nitrogen and oxygen atoms in total. The van der Waals surface area contributed by atoms with Gasteiger partial charge in [0, 0.05) is 5.56 Å². The third-order valence-electron chi connectivity index (χ3n) is 4.90. The number of hydrogen-bond donors (Lipinski definition) is 2. The van der Waals surface area contributed by atoms with Crippen LogP contribution >= 0.6 is 0 Å². The Morgan fingerprint density at radius 2 is 1.69 bits per heavy atom. The van der Waals surface area contributed by atoms with Crippen LogP contribution in [0.15, 0.2) is 77.7 Å². The molecule has 3 rings (SSSR count). The zero-order valence-corrected chi connectivity index (χ0v) is 19.1. The van der Waals surface area contributed by atoms with Gasteiger partial charge in [-0.05, 0) is 66.9 Å². The number of sulfonamides is 1. The normalized spacial score (nSPS) is 11.1. The minimum atomic E-state index is -3.69. The molecular weight excluding hydrogens is 424 g/mol. The van der Waals surface area contributed by atoms with Crippen LogP contribution in [-0.4, -0.2) is 27.5 Å². The first-order valence-electron chi connectivity index (χ1n) is 10.6. The number of carbonyl (C=O) groups is 1. The van der Waals surface area contributed by atoms with Gasteiger partial charge in [-0.2, -0.15) is 0 Å². The zero-order valence-electron chi connectivity index (χ0n) is 18.3. The van der Waals surface area contributed by atoms with Crippen molar-refractivity contribution in [1.29, 1.82) is 0 Å². The monoisotopic (exact) mass is 452 g/mol. The zero-order chi connectivity index (χ0) is 23.0. The number of amides is 1. The lowest BCUT2D eigenvalue weighted by Gasteiger charge is -2.12. The Hall–Kier alpha value is -3.32. The van der Waals surface area contributed by atoms with Crippen LogP contribution in [0.2, 0.25) is 0 Å². The highest BCUT2D eigenvalue weighted by Gasteiger charge is 2.15. The standard InChI is InChI=1S/C25H28N2O4S/c1-3-7-20-10-13-22(14-11-20)31-17-16-26-25(28)21-12-15-24(19(2)18-21)27-32(29,30)23-8-5-4-6-9-23/h4-6,8-15,18,27H,3,7,16-17H2,1-2H3,(H,26,28). The summed E-state index contributed by atoms with van der Waals surface area (Å²) in [6.45, 7) is 4.61. The summed E-state index contributed by atoms with van der Waals surface area (Å²) in [6, 6.07) is 21.0. The second kappa shape index (κ2) is 10.8. The molecule has 0 radical (unpaired) electrons. The average Bonchev–Trinajstić information content (AvgIpc) is 2.79. The molecular formula is C25H28N2O4S. The quantitative estimate of drug-likeness (QED) is 0.442. The number of benzene rings is 3. The van der Waals surface area contributed by atoms with Gasteiger partial charge in [-0.3, -0.25) is 9.52 Å². The average molecular weight is 453 g/mol. The molecule has 32 heavy (non-hydrogen) atoms. The summed E-state index contributed by atoms with van der Waals surface area (Å²) in [6.07, 6.45) is 2.15. The largest absolute Gasteiger partial charge is 0.492 e. The van der Waals surface area contributed by atoms with Crippen molar-refractivity contribution in [2.45, 2.75) is 31.6 Å². The molecule has 0 aliphatic heterocycles. The molecule has 2 N–H and O–H groups in total. The molecule has 0 aromatic heterocycles. The van der Waals surface area contributed by atoms with Crippen molar-refractivity contribution in [1.82, 2.24) is 5.32 Å². The number of ether oxygens (including phenoxy) is 1. The van der Waals surface area contributed by atoms with Gasteiger partial charge >= 0.3 is 0 Å². The van der Waals surface area contributed by atoms with Gasteiger partial charge in [-0.1, -0.05) is 43.7 Å². The predicted octanol–water partition coefficient (Wildman–Crippen LogP) is 4.56. The first-order chi connectivity index (χ1) is 15.4. The molecule has 0 atom stereocenters. The van der Waals surface area contributed by atoms with Crippen LogP contribution in [0.1, 0.15) is 34.8 Å². The first kappa shape index (κ1) is 23.3. The maximum Gasteiger partial charge on any atom is 0.261 e. The van der Waals surface area contributed by atoms with Gasteiger partial charge in [0.2, 0.25) is 0 Å². The summed E-state index contributed by atoms with van der Waals surface area (Å²) in [7, 11) is -3.69. The van der Waals surface area contributed by atoms with Crippen molar-refractivity contribution < 1.29 is 17.9 Å². The molecule has 0 fully saturated rings. The van der Waals surface area contributed by atoms with E-state index in [-0.39, 0.29) is 10.8 Å². The van der Waals surface area contributed by atoms with Crippen molar-refractivity contribution in [3.05, 3.63) is 89.5 Å². The van der Waals surface area contributed by atoms with E-state index in [4.69, 9.17) is 4.74 Å².